The van der Waals surface area contributed by atoms with Crippen LogP contribution in [0.4, 0.5) is 0 Å². The molecule has 208 valence electrons. The van der Waals surface area contributed by atoms with Crippen LogP contribution in [0, 0.1) is 0 Å². The number of phosphoric ester groups is 1. The summed E-state index contributed by atoms with van der Waals surface area (Å²) in [6.07, 6.45) is 19.9. The fraction of sp³-hybridized carbons (Fsp3) is 0.885. The van der Waals surface area contributed by atoms with E-state index in [2.05, 4.69) is 26.0 Å². The molecule has 0 heterocycles. The number of esters is 1. The van der Waals surface area contributed by atoms with Gasteiger partial charge in [-0.2, -0.15) is 0 Å². The molecule has 2 atom stereocenters. The molecule has 0 fully saturated rings. The number of nitrogens with two attached hydrogens (primary N) is 1. The van der Waals surface area contributed by atoms with Crippen LogP contribution < -0.4 is 5.73 Å². The molecule has 0 aromatic heterocycles. The average molecular weight is 522 g/mol. The van der Waals surface area contributed by atoms with Gasteiger partial charge in [-0.1, -0.05) is 83.8 Å². The lowest BCUT2D eigenvalue weighted by Crippen LogP contribution is -2.28. The fourth-order valence-corrected chi connectivity index (χ4v) is 4.15. The maximum atomic E-state index is 12.1. The normalized spacial score (nSPS) is 14.3. The number of rotatable bonds is 26. The van der Waals surface area contributed by atoms with Crippen molar-refractivity contribution >= 4 is 13.8 Å². The van der Waals surface area contributed by atoms with Crippen molar-refractivity contribution in [2.75, 3.05) is 33.0 Å². The molecule has 0 aliphatic rings. The van der Waals surface area contributed by atoms with Crippen LogP contribution in [-0.2, 0) is 27.9 Å². The predicted molar refractivity (Wildman–Crippen MR) is 141 cm³/mol. The van der Waals surface area contributed by atoms with E-state index >= 15 is 0 Å². The van der Waals surface area contributed by atoms with Crippen LogP contribution in [0.15, 0.2) is 12.2 Å². The van der Waals surface area contributed by atoms with E-state index in [1.807, 2.05) is 0 Å². The summed E-state index contributed by atoms with van der Waals surface area (Å²) >= 11 is 0. The zero-order chi connectivity index (χ0) is 26.0. The second kappa shape index (κ2) is 24.9. The van der Waals surface area contributed by atoms with E-state index in [0.717, 1.165) is 38.5 Å². The van der Waals surface area contributed by atoms with Gasteiger partial charge < -0.3 is 20.1 Å². The van der Waals surface area contributed by atoms with Gasteiger partial charge in [0.05, 0.1) is 19.8 Å². The minimum atomic E-state index is -4.24. The third-order valence-electron chi connectivity index (χ3n) is 5.43. The lowest BCUT2D eigenvalue weighted by Gasteiger charge is -2.20. The van der Waals surface area contributed by atoms with E-state index in [1.54, 1.807) is 0 Å². The molecule has 0 saturated heterocycles. The number of phosphoric acid groups is 1. The molecule has 0 amide bonds. The number of carbonyl (C=O) groups excluding carboxylic acids is 1. The number of allylic oxidation sites excluding steroid dienone is 2. The van der Waals surface area contributed by atoms with E-state index in [4.69, 9.17) is 24.3 Å². The SMILES string of the molecule is CCCC/C=C\CCCCCCCCOCC(COP(=O)(O)OCCN)OC(=O)CCCCCC. The summed E-state index contributed by atoms with van der Waals surface area (Å²) < 4.78 is 32.7. The van der Waals surface area contributed by atoms with Crippen molar-refractivity contribution in [3.05, 3.63) is 12.2 Å². The van der Waals surface area contributed by atoms with Crippen LogP contribution in [0.25, 0.3) is 0 Å². The Morgan fingerprint density at radius 3 is 2.14 bits per heavy atom. The molecule has 0 saturated carbocycles. The molecule has 35 heavy (non-hydrogen) atoms. The Balaban J connectivity index is 4.10. The summed E-state index contributed by atoms with van der Waals surface area (Å²) in [7, 11) is -4.24. The van der Waals surface area contributed by atoms with Crippen LogP contribution >= 0.6 is 7.82 Å². The molecule has 0 aliphatic carbocycles. The molecular formula is C26H52NO7P. The van der Waals surface area contributed by atoms with Gasteiger partial charge >= 0.3 is 13.8 Å². The topological polar surface area (TPSA) is 117 Å². The van der Waals surface area contributed by atoms with Crippen molar-refractivity contribution < 1.29 is 32.8 Å². The number of hydrogen-bond acceptors (Lipinski definition) is 7. The van der Waals surface area contributed by atoms with Crippen molar-refractivity contribution in [1.29, 1.82) is 0 Å². The Labute approximate surface area is 213 Å². The lowest BCUT2D eigenvalue weighted by molar-refractivity contribution is -0.154. The summed E-state index contributed by atoms with van der Waals surface area (Å²) in [5.41, 5.74) is 5.29. The maximum Gasteiger partial charge on any atom is 0.472 e. The smallest absolute Gasteiger partial charge is 0.457 e. The van der Waals surface area contributed by atoms with Crippen LogP contribution in [0.2, 0.25) is 0 Å². The van der Waals surface area contributed by atoms with Gasteiger partial charge in [-0.15, -0.1) is 0 Å². The molecule has 0 aliphatic heterocycles. The first-order chi connectivity index (χ1) is 16.9. The summed E-state index contributed by atoms with van der Waals surface area (Å²) in [6.45, 7) is 4.72. The van der Waals surface area contributed by atoms with Crippen molar-refractivity contribution in [2.24, 2.45) is 5.73 Å². The highest BCUT2D eigenvalue weighted by Crippen LogP contribution is 2.43. The molecule has 3 N–H and O–H groups in total. The zero-order valence-electron chi connectivity index (χ0n) is 22.3. The number of hydrogen-bond donors (Lipinski definition) is 2. The standard InChI is InChI=1S/C26H52NO7P/c1-3-5-7-9-10-11-12-13-14-15-16-18-21-31-23-25(24-33-35(29,30)32-22-20-27)34-26(28)19-17-8-6-4-2/h9-10,25H,3-8,11-24,27H2,1-2H3,(H,29,30)/b10-9-. The molecule has 8 nitrogen and oxygen atoms in total. The molecule has 9 heteroatoms. The van der Waals surface area contributed by atoms with Crippen LogP contribution in [-0.4, -0.2) is 49.9 Å². The van der Waals surface area contributed by atoms with E-state index in [-0.39, 0.29) is 32.3 Å². The highest BCUT2D eigenvalue weighted by molar-refractivity contribution is 7.47. The van der Waals surface area contributed by atoms with E-state index in [0.29, 0.717) is 13.0 Å². The lowest BCUT2D eigenvalue weighted by atomic mass is 10.1. The third kappa shape index (κ3) is 24.7. The predicted octanol–water partition coefficient (Wildman–Crippen LogP) is 6.45. The van der Waals surface area contributed by atoms with Gasteiger partial charge in [0.15, 0.2) is 0 Å². The Morgan fingerprint density at radius 2 is 1.46 bits per heavy atom. The summed E-state index contributed by atoms with van der Waals surface area (Å²) in [6, 6.07) is 0. The molecule has 0 radical (unpaired) electrons. The van der Waals surface area contributed by atoms with Gasteiger partial charge in [0.1, 0.15) is 6.10 Å². The minimum Gasteiger partial charge on any atom is -0.457 e. The second-order valence-corrected chi connectivity index (χ2v) is 10.4. The van der Waals surface area contributed by atoms with Gasteiger partial charge in [-0.05, 0) is 32.1 Å². The summed E-state index contributed by atoms with van der Waals surface area (Å²) in [5.74, 6) is -0.353. The van der Waals surface area contributed by atoms with Crippen molar-refractivity contribution in [3.63, 3.8) is 0 Å². The van der Waals surface area contributed by atoms with Crippen molar-refractivity contribution in [1.82, 2.24) is 0 Å². The average Bonchev–Trinajstić information content (AvgIpc) is 2.84. The Bertz CT molecular complexity index is 560. The molecule has 0 rings (SSSR count). The highest BCUT2D eigenvalue weighted by Gasteiger charge is 2.25. The van der Waals surface area contributed by atoms with Crippen molar-refractivity contribution in [3.8, 4) is 0 Å². The quantitative estimate of drug-likeness (QED) is 0.0577. The Morgan fingerprint density at radius 1 is 0.829 bits per heavy atom. The first kappa shape index (κ1) is 34.2. The monoisotopic (exact) mass is 521 g/mol. The van der Waals surface area contributed by atoms with Gasteiger partial charge in [0.2, 0.25) is 0 Å². The molecule has 0 aromatic rings. The molecule has 0 spiro atoms. The second-order valence-electron chi connectivity index (χ2n) is 8.91. The largest absolute Gasteiger partial charge is 0.472 e. The first-order valence-electron chi connectivity index (χ1n) is 13.7. The molecular weight excluding hydrogens is 469 g/mol. The van der Waals surface area contributed by atoms with Crippen LogP contribution in [0.1, 0.15) is 110 Å². The first-order valence-corrected chi connectivity index (χ1v) is 15.2. The van der Waals surface area contributed by atoms with E-state index in [1.165, 1.54) is 51.4 Å². The Hall–Kier alpha value is -0.760. The molecule has 2 unspecified atom stereocenters. The number of carbonyl (C=O) groups is 1. The van der Waals surface area contributed by atoms with E-state index in [9.17, 15) is 14.3 Å². The Kier molecular flexibility index (Phi) is 24.4. The minimum absolute atomic E-state index is 0.0954. The van der Waals surface area contributed by atoms with Gasteiger partial charge in [0, 0.05) is 19.6 Å². The van der Waals surface area contributed by atoms with Gasteiger partial charge in [-0.25, -0.2) is 4.57 Å². The van der Waals surface area contributed by atoms with Gasteiger partial charge in [0.25, 0.3) is 0 Å². The maximum absolute atomic E-state index is 12.1. The van der Waals surface area contributed by atoms with Crippen molar-refractivity contribution in [2.45, 2.75) is 116 Å². The van der Waals surface area contributed by atoms with E-state index < -0.39 is 13.9 Å². The summed E-state index contributed by atoms with van der Waals surface area (Å²) in [5, 5.41) is 0. The number of ether oxygens (including phenoxy) is 2. The van der Waals surface area contributed by atoms with Crippen LogP contribution in [0.5, 0.6) is 0 Å². The fourth-order valence-electron chi connectivity index (χ4n) is 3.39. The van der Waals surface area contributed by atoms with Gasteiger partial charge in [-0.3, -0.25) is 13.8 Å². The third-order valence-corrected chi connectivity index (χ3v) is 6.42. The molecule has 0 aromatic carbocycles. The summed E-state index contributed by atoms with van der Waals surface area (Å²) in [4.78, 5) is 21.8. The van der Waals surface area contributed by atoms with Crippen LogP contribution in [0.3, 0.4) is 0 Å². The number of unbranched alkanes of at least 4 members (excludes halogenated alkanes) is 11. The zero-order valence-corrected chi connectivity index (χ0v) is 23.2. The highest BCUT2D eigenvalue weighted by atomic mass is 31.2. The molecule has 0 bridgehead atoms.